The summed E-state index contributed by atoms with van der Waals surface area (Å²) in [5.41, 5.74) is 2.11. The molecule has 0 fully saturated rings. The van der Waals surface area contributed by atoms with Crippen molar-refractivity contribution in [1.29, 1.82) is 0 Å². The molecule has 8 heteroatoms. The van der Waals surface area contributed by atoms with E-state index >= 15 is 0 Å². The standard InChI is InChI=1S/C25H23ClFN3O3/c1-25(2)13-33-22(15-7-11-17(27)12-8-15)21-20-18(23(31)29(4)24(32)28(20)3)19(30(21)25)14-5-9-16(26)10-6-14/h5-12,22H,13H2,1-4H3/t22-/m1/s1. The second kappa shape index (κ2) is 7.43. The molecule has 0 amide bonds. The molecule has 2 aromatic heterocycles. The Kier molecular flexibility index (Phi) is 4.88. The molecule has 33 heavy (non-hydrogen) atoms. The molecular formula is C25H23ClFN3O3. The largest absolute Gasteiger partial charge is 0.365 e. The van der Waals surface area contributed by atoms with Gasteiger partial charge in [0.05, 0.1) is 34.4 Å². The lowest BCUT2D eigenvalue weighted by Crippen LogP contribution is -2.40. The molecule has 0 unspecified atom stereocenters. The highest BCUT2D eigenvalue weighted by molar-refractivity contribution is 6.30. The zero-order chi connectivity index (χ0) is 23.7. The van der Waals surface area contributed by atoms with Gasteiger partial charge in [-0.25, -0.2) is 9.18 Å². The number of hydrogen-bond acceptors (Lipinski definition) is 3. The molecule has 0 radical (unpaired) electrons. The summed E-state index contributed by atoms with van der Waals surface area (Å²) in [5, 5.41) is 1.02. The Labute approximate surface area is 194 Å². The highest BCUT2D eigenvalue weighted by Gasteiger charge is 2.40. The van der Waals surface area contributed by atoms with Crippen LogP contribution in [-0.4, -0.2) is 20.3 Å². The van der Waals surface area contributed by atoms with E-state index in [9.17, 15) is 14.0 Å². The van der Waals surface area contributed by atoms with Crippen molar-refractivity contribution in [3.8, 4) is 11.3 Å². The molecule has 4 aromatic rings. The number of rotatable bonds is 2. The van der Waals surface area contributed by atoms with Crippen molar-refractivity contribution in [2.75, 3.05) is 6.61 Å². The summed E-state index contributed by atoms with van der Waals surface area (Å²) >= 11 is 6.14. The Morgan fingerprint density at radius 3 is 2.27 bits per heavy atom. The topological polar surface area (TPSA) is 58.2 Å². The number of fused-ring (bicyclic) bond motifs is 3. The van der Waals surface area contributed by atoms with E-state index < -0.39 is 17.3 Å². The molecule has 1 atom stereocenters. The van der Waals surface area contributed by atoms with Gasteiger partial charge in [0.25, 0.3) is 5.56 Å². The predicted octanol–water partition coefficient (Wildman–Crippen LogP) is 4.35. The normalized spacial score (nSPS) is 17.3. The molecule has 170 valence electrons. The molecule has 3 heterocycles. The highest BCUT2D eigenvalue weighted by Crippen LogP contribution is 2.45. The summed E-state index contributed by atoms with van der Waals surface area (Å²) in [6, 6.07) is 13.4. The van der Waals surface area contributed by atoms with Gasteiger partial charge in [-0.15, -0.1) is 0 Å². The lowest BCUT2D eigenvalue weighted by atomic mass is 9.98. The smallest absolute Gasteiger partial charge is 0.331 e. The van der Waals surface area contributed by atoms with Crippen LogP contribution in [0.25, 0.3) is 22.2 Å². The van der Waals surface area contributed by atoms with Crippen LogP contribution in [0.3, 0.4) is 0 Å². The fourth-order valence-electron chi connectivity index (χ4n) is 4.77. The van der Waals surface area contributed by atoms with Gasteiger partial charge in [0, 0.05) is 19.1 Å². The summed E-state index contributed by atoms with van der Waals surface area (Å²) < 4.78 is 24.7. The van der Waals surface area contributed by atoms with Crippen LogP contribution in [0.15, 0.2) is 58.1 Å². The number of ether oxygens (including phenoxy) is 1. The molecule has 0 saturated heterocycles. The molecule has 0 bridgehead atoms. The summed E-state index contributed by atoms with van der Waals surface area (Å²) in [5.74, 6) is -0.349. The lowest BCUT2D eigenvalue weighted by molar-refractivity contribution is -0.00709. The Bertz CT molecular complexity index is 1510. The molecule has 1 aliphatic rings. The first kappa shape index (κ1) is 21.7. The quantitative estimate of drug-likeness (QED) is 0.440. The third-order valence-electron chi connectivity index (χ3n) is 6.36. The van der Waals surface area contributed by atoms with Crippen LogP contribution < -0.4 is 11.2 Å². The van der Waals surface area contributed by atoms with Gasteiger partial charge in [0.2, 0.25) is 0 Å². The SMILES string of the molecule is Cn1c(=O)c2c(-c3ccc(Cl)cc3)n3c(c2n(C)c1=O)[C@@H](c1ccc(F)cc1)OCC3(C)C. The van der Waals surface area contributed by atoms with Gasteiger partial charge in [-0.05, 0) is 49.2 Å². The number of nitrogens with zero attached hydrogens (tertiary/aromatic N) is 3. The molecular weight excluding hydrogens is 445 g/mol. The van der Waals surface area contributed by atoms with E-state index in [4.69, 9.17) is 16.3 Å². The van der Waals surface area contributed by atoms with E-state index in [0.29, 0.717) is 33.9 Å². The van der Waals surface area contributed by atoms with Crippen LogP contribution in [0, 0.1) is 5.82 Å². The predicted molar refractivity (Wildman–Crippen MR) is 126 cm³/mol. The van der Waals surface area contributed by atoms with Gasteiger partial charge in [-0.2, -0.15) is 0 Å². The monoisotopic (exact) mass is 467 g/mol. The summed E-state index contributed by atoms with van der Waals surface area (Å²) in [6.07, 6.45) is -0.583. The second-order valence-corrected chi connectivity index (χ2v) is 9.50. The zero-order valence-corrected chi connectivity index (χ0v) is 19.5. The van der Waals surface area contributed by atoms with E-state index in [1.165, 1.54) is 23.7 Å². The van der Waals surface area contributed by atoms with Gasteiger partial charge in [-0.1, -0.05) is 35.9 Å². The van der Waals surface area contributed by atoms with E-state index in [1.54, 1.807) is 31.3 Å². The maximum Gasteiger partial charge on any atom is 0.331 e. The van der Waals surface area contributed by atoms with Crippen LogP contribution in [0.1, 0.15) is 31.2 Å². The second-order valence-electron chi connectivity index (χ2n) is 9.06. The van der Waals surface area contributed by atoms with Crippen LogP contribution in [-0.2, 0) is 24.4 Å². The van der Waals surface area contributed by atoms with Crippen molar-refractivity contribution in [2.45, 2.75) is 25.5 Å². The summed E-state index contributed by atoms with van der Waals surface area (Å²) in [7, 11) is 3.13. The fourth-order valence-corrected chi connectivity index (χ4v) is 4.90. The van der Waals surface area contributed by atoms with Gasteiger partial charge >= 0.3 is 5.69 Å². The molecule has 5 rings (SSSR count). The lowest BCUT2D eigenvalue weighted by Gasteiger charge is -2.39. The van der Waals surface area contributed by atoms with Gasteiger partial charge in [0.15, 0.2) is 0 Å². The molecule has 2 aromatic carbocycles. The van der Waals surface area contributed by atoms with E-state index in [-0.39, 0.29) is 11.4 Å². The average Bonchev–Trinajstić information content (AvgIpc) is 3.15. The first-order valence-corrected chi connectivity index (χ1v) is 11.0. The van der Waals surface area contributed by atoms with Crippen LogP contribution in [0.2, 0.25) is 5.02 Å². The number of aromatic nitrogens is 3. The van der Waals surface area contributed by atoms with Crippen molar-refractivity contribution in [3.05, 3.63) is 91.5 Å². The van der Waals surface area contributed by atoms with Crippen molar-refractivity contribution < 1.29 is 9.13 Å². The van der Waals surface area contributed by atoms with Gasteiger partial charge < -0.3 is 9.30 Å². The van der Waals surface area contributed by atoms with Crippen molar-refractivity contribution >= 4 is 22.5 Å². The number of benzene rings is 2. The van der Waals surface area contributed by atoms with E-state index in [0.717, 1.165) is 15.7 Å². The van der Waals surface area contributed by atoms with E-state index in [1.807, 2.05) is 26.0 Å². The molecule has 1 aliphatic heterocycles. The number of aryl methyl sites for hydroxylation is 1. The molecule has 0 spiro atoms. The summed E-state index contributed by atoms with van der Waals surface area (Å²) in [6.45, 7) is 4.41. The minimum atomic E-state index is -0.583. The summed E-state index contributed by atoms with van der Waals surface area (Å²) in [4.78, 5) is 26.4. The zero-order valence-electron chi connectivity index (χ0n) is 18.7. The van der Waals surface area contributed by atoms with E-state index in [2.05, 4.69) is 4.57 Å². The Morgan fingerprint density at radius 2 is 1.64 bits per heavy atom. The van der Waals surface area contributed by atoms with Crippen LogP contribution in [0.4, 0.5) is 4.39 Å². The highest BCUT2D eigenvalue weighted by atomic mass is 35.5. The minimum Gasteiger partial charge on any atom is -0.365 e. The van der Waals surface area contributed by atoms with Crippen LogP contribution >= 0.6 is 11.6 Å². The maximum atomic E-state index is 13.7. The van der Waals surface area contributed by atoms with Gasteiger partial charge in [-0.3, -0.25) is 13.9 Å². The molecule has 0 aliphatic carbocycles. The molecule has 0 saturated carbocycles. The Morgan fingerprint density at radius 1 is 1.00 bits per heavy atom. The van der Waals surface area contributed by atoms with Crippen molar-refractivity contribution in [1.82, 2.24) is 13.7 Å². The number of hydrogen-bond donors (Lipinski definition) is 0. The minimum absolute atomic E-state index is 0.349. The first-order valence-electron chi connectivity index (χ1n) is 10.6. The fraction of sp³-hybridized carbons (Fsp3) is 0.280. The first-order chi connectivity index (χ1) is 15.6. The molecule has 0 N–H and O–H groups in total. The Hall–Kier alpha value is -3.16. The van der Waals surface area contributed by atoms with Crippen molar-refractivity contribution in [3.63, 3.8) is 0 Å². The average molecular weight is 468 g/mol. The van der Waals surface area contributed by atoms with Gasteiger partial charge in [0.1, 0.15) is 11.9 Å². The maximum absolute atomic E-state index is 13.7. The van der Waals surface area contributed by atoms with Crippen molar-refractivity contribution in [2.24, 2.45) is 14.1 Å². The number of halogens is 2. The Balaban J connectivity index is 2.00. The van der Waals surface area contributed by atoms with Crippen LogP contribution in [0.5, 0.6) is 0 Å². The molecule has 6 nitrogen and oxygen atoms in total. The third-order valence-corrected chi connectivity index (χ3v) is 6.61. The third kappa shape index (κ3) is 3.18.